The fourth-order valence-corrected chi connectivity index (χ4v) is 5.09. The van der Waals surface area contributed by atoms with Crippen LogP contribution >= 0.6 is 0 Å². The third kappa shape index (κ3) is 3.86. The van der Waals surface area contributed by atoms with E-state index in [0.717, 1.165) is 5.56 Å². The molecule has 8 nitrogen and oxygen atoms in total. The number of hydrogen-bond donors (Lipinski definition) is 1. The van der Waals surface area contributed by atoms with Crippen LogP contribution in [0.3, 0.4) is 0 Å². The average Bonchev–Trinajstić information content (AvgIpc) is 3.18. The molecule has 2 atom stereocenters. The quantitative estimate of drug-likeness (QED) is 0.652. The summed E-state index contributed by atoms with van der Waals surface area (Å²) in [6.07, 6.45) is 0.516. The first kappa shape index (κ1) is 19.1. The van der Waals surface area contributed by atoms with Crippen molar-refractivity contribution in [2.45, 2.75) is 30.6 Å². The molecule has 1 N–H and O–H groups in total. The lowest BCUT2D eigenvalue weighted by Crippen LogP contribution is -2.29. The lowest BCUT2D eigenvalue weighted by molar-refractivity contribution is 0.165. The molecule has 0 fully saturated rings. The highest BCUT2D eigenvalue weighted by molar-refractivity contribution is 8.05. The van der Waals surface area contributed by atoms with Gasteiger partial charge in [-0.3, -0.25) is 0 Å². The van der Waals surface area contributed by atoms with Crippen molar-refractivity contribution in [2.75, 3.05) is 0 Å². The van der Waals surface area contributed by atoms with Gasteiger partial charge in [0.25, 0.3) is 9.84 Å². The Bertz CT molecular complexity index is 1180. The Morgan fingerprint density at radius 3 is 2.59 bits per heavy atom. The Balaban J connectivity index is 1.62. The number of rotatable bonds is 4. The molecule has 0 saturated heterocycles. The molecule has 29 heavy (non-hydrogen) atoms. The molecule has 1 heterocycles. The fraction of sp³-hybridized carbons (Fsp3) is 0.250. The molecule has 150 valence electrons. The minimum atomic E-state index is -4.30. The van der Waals surface area contributed by atoms with Gasteiger partial charge in [0.2, 0.25) is 5.89 Å². The van der Waals surface area contributed by atoms with Crippen LogP contribution in [0.4, 0.5) is 4.79 Å². The summed E-state index contributed by atoms with van der Waals surface area (Å²) in [7, 11) is -4.30. The van der Waals surface area contributed by atoms with Crippen LogP contribution in [0.2, 0.25) is 0 Å². The Hall–Kier alpha value is -3.20. The first-order chi connectivity index (χ1) is 13.9. The van der Waals surface area contributed by atoms with Crippen LogP contribution in [0, 0.1) is 0 Å². The molecule has 1 unspecified atom stereocenters. The second-order valence-electron chi connectivity index (χ2n) is 6.85. The molecule has 3 aromatic rings. The average molecular weight is 414 g/mol. The highest BCUT2D eigenvalue weighted by atomic mass is 32.2. The van der Waals surface area contributed by atoms with Gasteiger partial charge in [-0.15, -0.1) is 0 Å². The van der Waals surface area contributed by atoms with E-state index >= 15 is 0 Å². The summed E-state index contributed by atoms with van der Waals surface area (Å²) in [6.45, 7) is -0.134. The molecule has 0 spiro atoms. The third-order valence-corrected chi connectivity index (χ3v) is 6.76. The number of fused-ring (bicyclic) bond motifs is 1. The van der Waals surface area contributed by atoms with Crippen LogP contribution in [0.25, 0.3) is 0 Å². The summed E-state index contributed by atoms with van der Waals surface area (Å²) in [5.41, 5.74) is 1.37. The Morgan fingerprint density at radius 2 is 1.86 bits per heavy atom. The molecule has 0 radical (unpaired) electrons. The molecule has 4 rings (SSSR count). The minimum Gasteiger partial charge on any atom is -0.449 e. The van der Waals surface area contributed by atoms with Gasteiger partial charge >= 0.3 is 11.0 Å². The van der Waals surface area contributed by atoms with Gasteiger partial charge in [0, 0.05) is 5.92 Å². The Kier molecular flexibility index (Phi) is 5.06. The predicted molar refractivity (Wildman–Crippen MR) is 103 cm³/mol. The molecule has 0 aliphatic heterocycles. The summed E-state index contributed by atoms with van der Waals surface area (Å²) >= 11 is 0. The fourth-order valence-electron chi connectivity index (χ4n) is 3.58. The number of hydrogen-bond acceptors (Lipinski definition) is 7. The minimum absolute atomic E-state index is 0.0631. The van der Waals surface area contributed by atoms with E-state index in [0.29, 0.717) is 17.5 Å². The number of H-pyrrole nitrogens is 1. The smallest absolute Gasteiger partial charge is 0.425 e. The number of nitrogens with zero attached hydrogens (tertiary/aromatic N) is 1. The molecular formula is C20H18N2O6S. The Morgan fingerprint density at radius 1 is 1.14 bits per heavy atom. The molecule has 0 saturated carbocycles. The first-order valence-electron chi connectivity index (χ1n) is 9.03. The lowest BCUT2D eigenvalue weighted by atomic mass is 9.83. The summed E-state index contributed by atoms with van der Waals surface area (Å²) < 4.78 is 36.3. The SMILES string of the molecule is O=C(OCc1ccccc1)S(=O)(=O)C1C[C@H](c2nc(=O)[nH]o2)Cc2ccccc21. The topological polar surface area (TPSA) is 119 Å². The van der Waals surface area contributed by atoms with Crippen molar-refractivity contribution in [1.82, 2.24) is 10.1 Å². The number of ether oxygens (including phenoxy) is 1. The second-order valence-corrected chi connectivity index (χ2v) is 8.85. The van der Waals surface area contributed by atoms with Gasteiger partial charge in [-0.25, -0.2) is 18.0 Å². The van der Waals surface area contributed by atoms with Gasteiger partial charge in [-0.2, -0.15) is 10.1 Å². The van der Waals surface area contributed by atoms with Gasteiger partial charge < -0.3 is 9.26 Å². The van der Waals surface area contributed by atoms with Crippen LogP contribution < -0.4 is 5.69 Å². The van der Waals surface area contributed by atoms with Crippen LogP contribution in [0.5, 0.6) is 0 Å². The zero-order valence-electron chi connectivity index (χ0n) is 15.3. The molecule has 1 aliphatic rings. The zero-order valence-corrected chi connectivity index (χ0v) is 16.1. The van der Waals surface area contributed by atoms with E-state index in [-0.39, 0.29) is 18.9 Å². The summed E-state index contributed by atoms with van der Waals surface area (Å²) in [5, 5.41) is -0.260. The number of aromatic nitrogens is 2. The largest absolute Gasteiger partial charge is 0.449 e. The van der Waals surface area contributed by atoms with E-state index < -0.39 is 32.0 Å². The molecule has 1 aromatic heterocycles. The molecular weight excluding hydrogens is 396 g/mol. The molecule has 0 amide bonds. The van der Waals surface area contributed by atoms with Crippen molar-refractivity contribution in [3.8, 4) is 0 Å². The summed E-state index contributed by atoms with van der Waals surface area (Å²) in [6, 6.07) is 15.9. The highest BCUT2D eigenvalue weighted by Gasteiger charge is 2.42. The van der Waals surface area contributed by atoms with E-state index in [9.17, 15) is 18.0 Å². The van der Waals surface area contributed by atoms with Gasteiger partial charge in [0.15, 0.2) is 0 Å². The van der Waals surface area contributed by atoms with Crippen LogP contribution in [0.15, 0.2) is 63.9 Å². The summed E-state index contributed by atoms with van der Waals surface area (Å²) in [4.78, 5) is 27.6. The van der Waals surface area contributed by atoms with E-state index in [2.05, 4.69) is 10.1 Å². The number of aromatic amines is 1. The van der Waals surface area contributed by atoms with Gasteiger partial charge in [0.1, 0.15) is 6.61 Å². The number of benzene rings is 2. The molecule has 0 bridgehead atoms. The monoisotopic (exact) mass is 414 g/mol. The van der Waals surface area contributed by atoms with Crippen LogP contribution in [0.1, 0.15) is 40.2 Å². The van der Waals surface area contributed by atoms with Crippen molar-refractivity contribution >= 4 is 15.1 Å². The van der Waals surface area contributed by atoms with Gasteiger partial charge in [0.05, 0.1) is 5.25 Å². The number of carbonyl (C=O) groups excluding carboxylic acids is 1. The normalized spacial score (nSPS) is 18.8. The van der Waals surface area contributed by atoms with Crippen molar-refractivity contribution in [1.29, 1.82) is 0 Å². The molecule has 9 heteroatoms. The molecule has 1 aliphatic carbocycles. The lowest BCUT2D eigenvalue weighted by Gasteiger charge is -2.28. The van der Waals surface area contributed by atoms with Crippen molar-refractivity contribution in [3.05, 3.63) is 87.7 Å². The highest BCUT2D eigenvalue weighted by Crippen LogP contribution is 2.42. The number of carbonyl (C=O) groups is 1. The van der Waals surface area contributed by atoms with E-state index in [1.165, 1.54) is 0 Å². The second kappa shape index (κ2) is 7.67. The Labute approximate surface area is 166 Å². The van der Waals surface area contributed by atoms with Gasteiger partial charge in [-0.1, -0.05) is 54.6 Å². The van der Waals surface area contributed by atoms with E-state index in [1.54, 1.807) is 48.5 Å². The van der Waals surface area contributed by atoms with Crippen molar-refractivity contribution in [3.63, 3.8) is 0 Å². The number of sulfone groups is 1. The third-order valence-electron chi connectivity index (χ3n) is 4.98. The summed E-state index contributed by atoms with van der Waals surface area (Å²) in [5.74, 6) is -0.326. The van der Waals surface area contributed by atoms with Crippen molar-refractivity contribution in [2.24, 2.45) is 0 Å². The maximum Gasteiger partial charge on any atom is 0.425 e. The predicted octanol–water partition coefficient (Wildman–Crippen LogP) is 2.89. The van der Waals surface area contributed by atoms with Crippen LogP contribution in [-0.4, -0.2) is 23.9 Å². The first-order valence-corrected chi connectivity index (χ1v) is 10.6. The van der Waals surface area contributed by atoms with E-state index in [4.69, 9.17) is 9.26 Å². The van der Waals surface area contributed by atoms with E-state index in [1.807, 2.05) is 6.07 Å². The van der Waals surface area contributed by atoms with Crippen LogP contribution in [-0.2, 0) is 27.6 Å². The standard InChI is InChI=1S/C20H18N2O6S/c23-19-21-18(28-22-19)15-10-14-8-4-5-9-16(14)17(11-15)29(25,26)20(24)27-12-13-6-2-1-3-7-13/h1-9,15,17H,10-12H2,(H,22,23)/t15-,17?/m1/s1. The van der Waals surface area contributed by atoms with Crippen molar-refractivity contribution < 1.29 is 22.5 Å². The number of nitrogens with one attached hydrogen (secondary N) is 1. The maximum atomic E-state index is 13.1. The van der Waals surface area contributed by atoms with Gasteiger partial charge in [-0.05, 0) is 29.5 Å². The maximum absolute atomic E-state index is 13.1. The molecule has 2 aromatic carbocycles. The zero-order chi connectivity index (χ0) is 20.4.